The number of aromatic nitrogens is 6. The predicted octanol–water partition coefficient (Wildman–Crippen LogP) is 3.85. The highest BCUT2D eigenvalue weighted by Crippen LogP contribution is 2.35. The Labute approximate surface area is 197 Å². The Morgan fingerprint density at radius 1 is 1.11 bits per heavy atom. The molecule has 35 heavy (non-hydrogen) atoms. The second kappa shape index (κ2) is 8.80. The number of rotatable bonds is 6. The van der Waals surface area contributed by atoms with E-state index in [9.17, 15) is 8.78 Å². The number of halogens is 2. The second-order valence-electron chi connectivity index (χ2n) is 7.96. The van der Waals surface area contributed by atoms with Gasteiger partial charge < -0.3 is 19.7 Å². The Morgan fingerprint density at radius 2 is 2.00 bits per heavy atom. The largest absolute Gasteiger partial charge is 0.433 e. The first-order valence-electron chi connectivity index (χ1n) is 11.0. The lowest BCUT2D eigenvalue weighted by molar-refractivity contribution is -0.0495. The zero-order valence-electron chi connectivity index (χ0n) is 18.4. The predicted molar refractivity (Wildman–Crippen MR) is 125 cm³/mol. The molecule has 5 aromatic rings. The summed E-state index contributed by atoms with van der Waals surface area (Å²) in [5.41, 5.74) is 3.98. The molecule has 2 N–H and O–H groups in total. The van der Waals surface area contributed by atoms with Crippen LogP contribution < -0.4 is 15.0 Å². The maximum absolute atomic E-state index is 13.2. The van der Waals surface area contributed by atoms with Gasteiger partial charge in [0, 0.05) is 35.8 Å². The molecule has 0 bridgehead atoms. The third-order valence-electron chi connectivity index (χ3n) is 5.79. The normalized spacial score (nSPS) is 14.2. The number of ether oxygens (including phenoxy) is 2. The number of alkyl halides is 2. The first-order chi connectivity index (χ1) is 17.1. The van der Waals surface area contributed by atoms with E-state index in [1.54, 1.807) is 29.0 Å². The molecular formula is C23H20F2N8O2. The van der Waals surface area contributed by atoms with Gasteiger partial charge in [-0.1, -0.05) is 12.1 Å². The molecule has 1 aliphatic rings. The molecule has 6 rings (SSSR count). The second-order valence-corrected chi connectivity index (χ2v) is 7.96. The van der Waals surface area contributed by atoms with E-state index >= 15 is 0 Å². The molecule has 0 aliphatic carbocycles. The SMILES string of the molecule is FC(F)Oc1cc(Nc2nc(-c3ccc4cn[nH]c4c3)cn3ncnc23)ccc1N1CCOCC1. The molecule has 0 atom stereocenters. The van der Waals surface area contributed by atoms with Crippen LogP contribution in [0, 0.1) is 0 Å². The van der Waals surface area contributed by atoms with Crippen molar-refractivity contribution in [1.29, 1.82) is 0 Å². The number of hydrogen-bond donors (Lipinski definition) is 2. The number of hydrogen-bond acceptors (Lipinski definition) is 8. The zero-order chi connectivity index (χ0) is 23.8. The van der Waals surface area contributed by atoms with Crippen molar-refractivity contribution < 1.29 is 18.3 Å². The molecule has 1 aliphatic heterocycles. The molecule has 0 saturated carbocycles. The van der Waals surface area contributed by atoms with Gasteiger partial charge >= 0.3 is 6.61 Å². The van der Waals surface area contributed by atoms with Crippen LogP contribution in [0.3, 0.4) is 0 Å². The Kier molecular flexibility index (Phi) is 5.34. The molecule has 0 unspecified atom stereocenters. The summed E-state index contributed by atoms with van der Waals surface area (Å²) in [6.07, 6.45) is 4.95. The van der Waals surface area contributed by atoms with Crippen molar-refractivity contribution in [2.75, 3.05) is 36.5 Å². The van der Waals surface area contributed by atoms with Crippen LogP contribution in [0.15, 0.2) is 55.1 Å². The van der Waals surface area contributed by atoms with E-state index in [0.717, 1.165) is 16.5 Å². The van der Waals surface area contributed by atoms with Crippen molar-refractivity contribution in [3.8, 4) is 17.0 Å². The van der Waals surface area contributed by atoms with Gasteiger partial charge in [0.15, 0.2) is 17.2 Å². The summed E-state index contributed by atoms with van der Waals surface area (Å²) in [4.78, 5) is 11.0. The maximum atomic E-state index is 13.2. The van der Waals surface area contributed by atoms with E-state index in [-0.39, 0.29) is 5.75 Å². The number of nitrogens with one attached hydrogen (secondary N) is 2. The Bertz CT molecular complexity index is 1500. The van der Waals surface area contributed by atoms with E-state index in [0.29, 0.717) is 54.8 Å². The standard InChI is InChI=1S/C23H20F2N8O2/c24-23(25)35-20-10-16(3-4-19(20)32-5-7-34-8-6-32)29-21-22-26-13-28-33(22)12-18(30-21)14-1-2-15-11-27-31-17(15)9-14/h1-4,9-13,23H,5-8H2,(H,27,31)(H,29,30). The summed E-state index contributed by atoms with van der Waals surface area (Å²) in [7, 11) is 0. The number of anilines is 3. The van der Waals surface area contributed by atoms with E-state index in [4.69, 9.17) is 14.5 Å². The highest BCUT2D eigenvalue weighted by Gasteiger charge is 2.19. The van der Waals surface area contributed by atoms with Crippen LogP contribution in [-0.4, -0.2) is 62.7 Å². The number of morpholine rings is 1. The number of aromatic amines is 1. The van der Waals surface area contributed by atoms with Crippen LogP contribution in [0.2, 0.25) is 0 Å². The number of nitrogens with zero attached hydrogens (tertiary/aromatic N) is 6. The fraction of sp³-hybridized carbons (Fsp3) is 0.217. The number of benzene rings is 2. The van der Waals surface area contributed by atoms with E-state index in [1.807, 2.05) is 23.1 Å². The molecule has 178 valence electrons. The number of H-pyrrole nitrogens is 1. The summed E-state index contributed by atoms with van der Waals surface area (Å²) >= 11 is 0. The molecular weight excluding hydrogens is 458 g/mol. The minimum atomic E-state index is -2.95. The van der Waals surface area contributed by atoms with E-state index in [1.165, 1.54) is 12.4 Å². The van der Waals surface area contributed by atoms with Gasteiger partial charge in [-0.15, -0.1) is 0 Å². The van der Waals surface area contributed by atoms with Crippen molar-refractivity contribution in [3.05, 3.63) is 55.1 Å². The highest BCUT2D eigenvalue weighted by atomic mass is 19.3. The molecule has 1 fully saturated rings. The molecule has 0 amide bonds. The van der Waals surface area contributed by atoms with Crippen molar-refractivity contribution >= 4 is 33.7 Å². The van der Waals surface area contributed by atoms with Gasteiger partial charge in [-0.25, -0.2) is 14.5 Å². The fourth-order valence-corrected chi connectivity index (χ4v) is 4.13. The smallest absolute Gasteiger partial charge is 0.387 e. The van der Waals surface area contributed by atoms with Crippen LogP contribution in [-0.2, 0) is 4.74 Å². The van der Waals surface area contributed by atoms with Crippen molar-refractivity contribution in [1.82, 2.24) is 29.8 Å². The lowest BCUT2D eigenvalue weighted by Crippen LogP contribution is -2.36. The lowest BCUT2D eigenvalue weighted by Gasteiger charge is -2.30. The Balaban J connectivity index is 1.37. The monoisotopic (exact) mass is 478 g/mol. The molecule has 0 spiro atoms. The van der Waals surface area contributed by atoms with Crippen LogP contribution >= 0.6 is 0 Å². The average molecular weight is 478 g/mol. The minimum Gasteiger partial charge on any atom is -0.433 e. The van der Waals surface area contributed by atoms with E-state index in [2.05, 4.69) is 25.6 Å². The lowest BCUT2D eigenvalue weighted by atomic mass is 10.1. The average Bonchev–Trinajstić information content (AvgIpc) is 3.53. The van der Waals surface area contributed by atoms with Crippen molar-refractivity contribution in [2.45, 2.75) is 6.61 Å². The molecule has 2 aromatic carbocycles. The third-order valence-corrected chi connectivity index (χ3v) is 5.79. The van der Waals surface area contributed by atoms with Gasteiger partial charge in [0.25, 0.3) is 0 Å². The third kappa shape index (κ3) is 4.19. The molecule has 4 heterocycles. The summed E-state index contributed by atoms with van der Waals surface area (Å²) in [6, 6.07) is 10.9. The summed E-state index contributed by atoms with van der Waals surface area (Å²) < 4.78 is 38.2. The number of fused-ring (bicyclic) bond motifs is 2. The van der Waals surface area contributed by atoms with Crippen LogP contribution in [0.1, 0.15) is 0 Å². The van der Waals surface area contributed by atoms with Crippen LogP contribution in [0.25, 0.3) is 27.8 Å². The molecule has 12 heteroatoms. The van der Waals surface area contributed by atoms with Gasteiger partial charge in [0.2, 0.25) is 0 Å². The first-order valence-corrected chi connectivity index (χ1v) is 11.0. The van der Waals surface area contributed by atoms with E-state index < -0.39 is 6.61 Å². The molecule has 1 saturated heterocycles. The van der Waals surface area contributed by atoms with Gasteiger partial charge in [0.05, 0.1) is 42.5 Å². The van der Waals surface area contributed by atoms with Gasteiger partial charge in [-0.05, 0) is 18.2 Å². The molecule has 0 radical (unpaired) electrons. The first kappa shape index (κ1) is 21.2. The van der Waals surface area contributed by atoms with Gasteiger partial charge in [-0.2, -0.15) is 19.0 Å². The molecule has 10 nitrogen and oxygen atoms in total. The fourth-order valence-electron chi connectivity index (χ4n) is 4.13. The minimum absolute atomic E-state index is 0.0743. The van der Waals surface area contributed by atoms with Gasteiger partial charge in [0.1, 0.15) is 6.33 Å². The Morgan fingerprint density at radius 3 is 2.86 bits per heavy atom. The Hall–Kier alpha value is -4.32. The quantitative estimate of drug-likeness (QED) is 0.379. The summed E-state index contributed by atoms with van der Waals surface area (Å²) in [5, 5.41) is 15.5. The maximum Gasteiger partial charge on any atom is 0.387 e. The van der Waals surface area contributed by atoms with Crippen molar-refractivity contribution in [2.24, 2.45) is 0 Å². The van der Waals surface area contributed by atoms with Gasteiger partial charge in [-0.3, -0.25) is 5.10 Å². The topological polar surface area (TPSA) is 105 Å². The highest BCUT2D eigenvalue weighted by molar-refractivity contribution is 5.84. The van der Waals surface area contributed by atoms with Crippen molar-refractivity contribution in [3.63, 3.8) is 0 Å². The molecule has 3 aromatic heterocycles. The summed E-state index contributed by atoms with van der Waals surface area (Å²) in [5.74, 6) is 0.497. The van der Waals surface area contributed by atoms with Crippen LogP contribution in [0.4, 0.5) is 26.0 Å². The van der Waals surface area contributed by atoms with Crippen LogP contribution in [0.5, 0.6) is 5.75 Å². The zero-order valence-corrected chi connectivity index (χ0v) is 18.4. The summed E-state index contributed by atoms with van der Waals surface area (Å²) in [6.45, 7) is -0.708.